The number of hydrogen-bond donors (Lipinski definition) is 3. The summed E-state index contributed by atoms with van der Waals surface area (Å²) in [4.78, 5) is 19.5. The molecule has 0 aliphatic heterocycles. The number of amides is 1. The van der Waals surface area contributed by atoms with Crippen LogP contribution in [-0.4, -0.2) is 52.4 Å². The number of nitrogens with zero attached hydrogens (tertiary/aromatic N) is 6. The molecule has 1 atom stereocenters. The number of hydrogen-bond acceptors (Lipinski definition) is 8. The number of carbonyl (C=O) groups excluding carboxylic acids is 1. The third kappa shape index (κ3) is 6.51. The van der Waals surface area contributed by atoms with E-state index < -0.39 is 23.1 Å². The molecule has 0 spiro atoms. The molecule has 13 heteroatoms. The molecule has 37 heavy (non-hydrogen) atoms. The largest absolute Gasteiger partial charge is 0.494 e. The summed E-state index contributed by atoms with van der Waals surface area (Å²) < 4.78 is 36.7. The van der Waals surface area contributed by atoms with Crippen LogP contribution in [0.4, 0.5) is 8.78 Å². The second-order valence-electron chi connectivity index (χ2n) is 8.35. The first-order valence-corrected chi connectivity index (χ1v) is 11.4. The van der Waals surface area contributed by atoms with Crippen LogP contribution in [0.25, 0.3) is 0 Å². The van der Waals surface area contributed by atoms with Crippen molar-refractivity contribution in [2.24, 2.45) is 0 Å². The molecule has 0 aliphatic carbocycles. The van der Waals surface area contributed by atoms with Gasteiger partial charge in [-0.25, -0.2) is 33.6 Å². The number of aromatic nitrogens is 6. The van der Waals surface area contributed by atoms with Gasteiger partial charge >= 0.3 is 0 Å². The minimum Gasteiger partial charge on any atom is -0.494 e. The number of halogens is 2. The van der Waals surface area contributed by atoms with Crippen molar-refractivity contribution in [3.05, 3.63) is 90.0 Å². The predicted molar refractivity (Wildman–Crippen MR) is 124 cm³/mol. The van der Waals surface area contributed by atoms with Gasteiger partial charge in [0.05, 0.1) is 19.7 Å². The number of rotatable bonds is 12. The number of carbonyl (C=O) groups is 1. The number of nitrogens with one attached hydrogen (secondary N) is 1. The minimum absolute atomic E-state index is 0.0956. The lowest BCUT2D eigenvalue weighted by Crippen LogP contribution is -2.38. The fourth-order valence-corrected chi connectivity index (χ4v) is 3.87. The van der Waals surface area contributed by atoms with Crippen LogP contribution in [0, 0.1) is 11.6 Å². The summed E-state index contributed by atoms with van der Waals surface area (Å²) in [5.74, 6) is -1.08. The lowest BCUT2D eigenvalue weighted by molar-refractivity contribution is -0.00934. The van der Waals surface area contributed by atoms with E-state index in [4.69, 9.17) is 9.94 Å². The molecule has 0 saturated carbocycles. The Morgan fingerprint density at radius 3 is 2.57 bits per heavy atom. The van der Waals surface area contributed by atoms with Gasteiger partial charge in [-0.3, -0.25) is 10.0 Å². The van der Waals surface area contributed by atoms with Crippen molar-refractivity contribution in [2.75, 3.05) is 6.61 Å². The number of aryl methyl sites for hydroxylation is 1. The summed E-state index contributed by atoms with van der Waals surface area (Å²) in [6, 6.07) is 9.35. The van der Waals surface area contributed by atoms with Crippen LogP contribution in [0.15, 0.2) is 61.4 Å². The van der Waals surface area contributed by atoms with Crippen LogP contribution in [0.2, 0.25) is 0 Å². The standard InChI is InChI=1S/C24H25F2N7O4/c25-18-6-9-20(21(26)11-18)24(35,12-32-16-27-14-29-32)13-33-22(28-15-30-33)3-1-2-10-37-19-7-4-17(5-8-19)23(34)31-36/h4-9,11,14-16,35-36H,1-3,10,12-13H2,(H,31,34). The molecule has 0 saturated heterocycles. The average Bonchev–Trinajstić information content (AvgIpc) is 3.55. The zero-order valence-corrected chi connectivity index (χ0v) is 19.7. The molecule has 4 rings (SSSR count). The lowest BCUT2D eigenvalue weighted by Gasteiger charge is -2.29. The Kier molecular flexibility index (Phi) is 8.15. The molecule has 194 valence electrons. The topological polar surface area (TPSA) is 140 Å². The molecule has 3 N–H and O–H groups in total. The van der Waals surface area contributed by atoms with Crippen molar-refractivity contribution in [1.82, 2.24) is 35.0 Å². The highest BCUT2D eigenvalue weighted by molar-refractivity contribution is 5.93. The smallest absolute Gasteiger partial charge is 0.274 e. The average molecular weight is 514 g/mol. The molecule has 4 aromatic rings. The van der Waals surface area contributed by atoms with Crippen molar-refractivity contribution < 1.29 is 28.6 Å². The number of hydroxylamine groups is 1. The number of benzene rings is 2. The minimum atomic E-state index is -1.81. The maximum absolute atomic E-state index is 14.7. The van der Waals surface area contributed by atoms with E-state index in [0.29, 0.717) is 43.0 Å². The molecule has 0 bridgehead atoms. The van der Waals surface area contributed by atoms with Gasteiger partial charge in [0, 0.05) is 23.6 Å². The molecular formula is C24H25F2N7O4. The summed E-state index contributed by atoms with van der Waals surface area (Å²) in [5.41, 5.74) is -0.0325. The summed E-state index contributed by atoms with van der Waals surface area (Å²) in [7, 11) is 0. The molecule has 1 amide bonds. The van der Waals surface area contributed by atoms with E-state index >= 15 is 0 Å². The Bertz CT molecular complexity index is 1320. The monoisotopic (exact) mass is 513 g/mol. The van der Waals surface area contributed by atoms with Gasteiger partial charge < -0.3 is 9.84 Å². The fourth-order valence-electron chi connectivity index (χ4n) is 3.87. The van der Waals surface area contributed by atoms with E-state index in [0.717, 1.165) is 12.1 Å². The number of aliphatic hydroxyl groups is 1. The van der Waals surface area contributed by atoms with E-state index in [1.807, 2.05) is 0 Å². The highest BCUT2D eigenvalue weighted by Crippen LogP contribution is 2.29. The molecule has 2 heterocycles. The van der Waals surface area contributed by atoms with Gasteiger partial charge in [-0.15, -0.1) is 0 Å². The van der Waals surface area contributed by atoms with Crippen LogP contribution >= 0.6 is 0 Å². The summed E-state index contributed by atoms with van der Waals surface area (Å²) in [6.45, 7) is 0.132. The van der Waals surface area contributed by atoms with Crippen LogP contribution in [0.1, 0.15) is 34.6 Å². The summed E-state index contributed by atoms with van der Waals surface area (Å²) in [6.07, 6.45) is 5.93. The van der Waals surface area contributed by atoms with Crippen molar-refractivity contribution in [3.63, 3.8) is 0 Å². The summed E-state index contributed by atoms with van der Waals surface area (Å²) in [5, 5.41) is 28.4. The first-order chi connectivity index (χ1) is 17.9. The normalized spacial score (nSPS) is 12.8. The van der Waals surface area contributed by atoms with Crippen LogP contribution < -0.4 is 10.2 Å². The van der Waals surface area contributed by atoms with Gasteiger partial charge in [0.2, 0.25) is 0 Å². The molecule has 0 fully saturated rings. The first kappa shape index (κ1) is 25.9. The first-order valence-electron chi connectivity index (χ1n) is 11.4. The van der Waals surface area contributed by atoms with Crippen molar-refractivity contribution in [3.8, 4) is 5.75 Å². The van der Waals surface area contributed by atoms with Crippen LogP contribution in [0.5, 0.6) is 5.75 Å². The molecule has 2 aromatic heterocycles. The zero-order valence-electron chi connectivity index (χ0n) is 19.7. The van der Waals surface area contributed by atoms with Crippen molar-refractivity contribution in [2.45, 2.75) is 38.0 Å². The van der Waals surface area contributed by atoms with E-state index in [-0.39, 0.29) is 18.7 Å². The molecule has 2 aromatic carbocycles. The fraction of sp³-hybridized carbons (Fsp3) is 0.292. The molecule has 0 radical (unpaired) electrons. The van der Waals surface area contributed by atoms with Gasteiger partial charge in [-0.2, -0.15) is 10.2 Å². The Labute approximate surface area is 210 Å². The van der Waals surface area contributed by atoms with Gasteiger partial charge in [0.1, 0.15) is 47.8 Å². The van der Waals surface area contributed by atoms with Crippen LogP contribution in [-0.2, 0) is 25.1 Å². The van der Waals surface area contributed by atoms with E-state index in [9.17, 15) is 18.7 Å². The molecular weight excluding hydrogens is 488 g/mol. The van der Waals surface area contributed by atoms with Gasteiger partial charge in [-0.1, -0.05) is 6.07 Å². The number of ether oxygens (including phenoxy) is 1. The lowest BCUT2D eigenvalue weighted by atomic mass is 9.92. The molecule has 11 nitrogen and oxygen atoms in total. The Morgan fingerprint density at radius 2 is 1.86 bits per heavy atom. The Morgan fingerprint density at radius 1 is 1.05 bits per heavy atom. The van der Waals surface area contributed by atoms with E-state index in [1.165, 1.54) is 46.5 Å². The Hall–Kier alpha value is -4.23. The van der Waals surface area contributed by atoms with E-state index in [1.54, 1.807) is 17.6 Å². The second-order valence-corrected chi connectivity index (χ2v) is 8.35. The Balaban J connectivity index is 1.37. The molecule has 0 aliphatic rings. The SMILES string of the molecule is O=C(NO)c1ccc(OCCCCc2ncnn2CC(O)(Cn2cncn2)c2ccc(F)cc2F)cc1. The zero-order chi connectivity index (χ0) is 26.3. The van der Waals surface area contributed by atoms with Crippen LogP contribution in [0.3, 0.4) is 0 Å². The van der Waals surface area contributed by atoms with Gasteiger partial charge in [0.25, 0.3) is 5.91 Å². The van der Waals surface area contributed by atoms with Gasteiger partial charge in [-0.05, 0) is 43.2 Å². The quantitative estimate of drug-likeness (QED) is 0.149. The van der Waals surface area contributed by atoms with Gasteiger partial charge in [0.15, 0.2) is 0 Å². The van der Waals surface area contributed by atoms with E-state index in [2.05, 4.69) is 20.2 Å². The molecule has 1 unspecified atom stereocenters. The second kappa shape index (κ2) is 11.7. The summed E-state index contributed by atoms with van der Waals surface area (Å²) >= 11 is 0. The predicted octanol–water partition coefficient (Wildman–Crippen LogP) is 2.26. The highest BCUT2D eigenvalue weighted by Gasteiger charge is 2.35. The van der Waals surface area contributed by atoms with Crippen molar-refractivity contribution in [1.29, 1.82) is 0 Å². The number of unbranched alkanes of at least 4 members (excludes halogenated alkanes) is 1. The maximum atomic E-state index is 14.7. The highest BCUT2D eigenvalue weighted by atomic mass is 19.1. The van der Waals surface area contributed by atoms with Crippen molar-refractivity contribution >= 4 is 5.91 Å². The third-order valence-corrected chi connectivity index (χ3v) is 5.71. The maximum Gasteiger partial charge on any atom is 0.274 e. The third-order valence-electron chi connectivity index (χ3n) is 5.71.